The lowest BCUT2D eigenvalue weighted by Crippen LogP contribution is -2.35. The maximum atomic E-state index is 5.33. The van der Waals surface area contributed by atoms with Crippen molar-refractivity contribution < 1.29 is 4.74 Å². The quantitative estimate of drug-likeness (QED) is 0.742. The van der Waals surface area contributed by atoms with Crippen molar-refractivity contribution >= 4 is 0 Å². The SMILES string of the molecule is CCCNC(CN(CC)CC)c1cccc(OC)c1. The molecule has 0 bridgehead atoms. The van der Waals surface area contributed by atoms with E-state index in [1.54, 1.807) is 7.11 Å². The smallest absolute Gasteiger partial charge is 0.119 e. The Morgan fingerprint density at radius 2 is 1.95 bits per heavy atom. The Labute approximate surface area is 118 Å². The fourth-order valence-corrected chi connectivity index (χ4v) is 2.20. The molecule has 0 aliphatic carbocycles. The van der Waals surface area contributed by atoms with E-state index >= 15 is 0 Å². The topological polar surface area (TPSA) is 24.5 Å². The molecule has 0 radical (unpaired) electrons. The van der Waals surface area contributed by atoms with E-state index in [2.05, 4.69) is 49.2 Å². The van der Waals surface area contributed by atoms with E-state index in [4.69, 9.17) is 4.74 Å². The molecule has 1 unspecified atom stereocenters. The first-order valence-corrected chi connectivity index (χ1v) is 7.34. The molecule has 0 aromatic heterocycles. The summed E-state index contributed by atoms with van der Waals surface area (Å²) in [5, 5.41) is 3.64. The van der Waals surface area contributed by atoms with Crippen LogP contribution in [0.5, 0.6) is 5.75 Å². The zero-order valence-corrected chi connectivity index (χ0v) is 12.8. The van der Waals surface area contributed by atoms with Crippen LogP contribution in [-0.4, -0.2) is 38.2 Å². The minimum absolute atomic E-state index is 0.370. The van der Waals surface area contributed by atoms with Crippen molar-refractivity contribution in [3.8, 4) is 5.75 Å². The number of hydrogen-bond donors (Lipinski definition) is 1. The number of likely N-dealkylation sites (N-methyl/N-ethyl adjacent to an activating group) is 1. The number of methoxy groups -OCH3 is 1. The van der Waals surface area contributed by atoms with Gasteiger partial charge in [-0.1, -0.05) is 32.9 Å². The van der Waals surface area contributed by atoms with Crippen molar-refractivity contribution in [3.63, 3.8) is 0 Å². The van der Waals surface area contributed by atoms with Gasteiger partial charge in [0.2, 0.25) is 0 Å². The Balaban J connectivity index is 2.81. The van der Waals surface area contributed by atoms with Gasteiger partial charge in [-0.05, 0) is 43.8 Å². The fraction of sp³-hybridized carbons (Fsp3) is 0.625. The Morgan fingerprint density at radius 1 is 1.21 bits per heavy atom. The first-order valence-electron chi connectivity index (χ1n) is 7.34. The largest absolute Gasteiger partial charge is 0.497 e. The molecule has 0 heterocycles. The lowest BCUT2D eigenvalue weighted by atomic mass is 10.1. The molecule has 0 saturated heterocycles. The number of nitrogens with one attached hydrogen (secondary N) is 1. The molecule has 1 rings (SSSR count). The van der Waals surface area contributed by atoms with Crippen LogP contribution >= 0.6 is 0 Å². The molecule has 0 aliphatic rings. The molecule has 1 N–H and O–H groups in total. The van der Waals surface area contributed by atoms with Gasteiger partial charge in [0.1, 0.15) is 5.75 Å². The van der Waals surface area contributed by atoms with Crippen LogP contribution in [0.4, 0.5) is 0 Å². The molecular weight excluding hydrogens is 236 g/mol. The maximum Gasteiger partial charge on any atom is 0.119 e. The predicted octanol–water partition coefficient (Wildman–Crippen LogP) is 3.08. The molecule has 1 atom stereocenters. The number of nitrogens with zero attached hydrogens (tertiary/aromatic N) is 1. The van der Waals surface area contributed by atoms with Crippen LogP contribution in [0.15, 0.2) is 24.3 Å². The monoisotopic (exact) mass is 264 g/mol. The van der Waals surface area contributed by atoms with Gasteiger partial charge in [-0.2, -0.15) is 0 Å². The van der Waals surface area contributed by atoms with E-state index in [0.29, 0.717) is 6.04 Å². The lowest BCUT2D eigenvalue weighted by molar-refractivity contribution is 0.265. The average Bonchev–Trinajstić information content (AvgIpc) is 2.47. The van der Waals surface area contributed by atoms with Crippen molar-refractivity contribution in [2.75, 3.05) is 33.3 Å². The Bertz CT molecular complexity index is 350. The normalized spacial score (nSPS) is 12.7. The molecule has 0 spiro atoms. The van der Waals surface area contributed by atoms with E-state index in [0.717, 1.165) is 38.3 Å². The maximum absolute atomic E-state index is 5.33. The number of ether oxygens (including phenoxy) is 1. The molecule has 0 fully saturated rings. The van der Waals surface area contributed by atoms with Crippen molar-refractivity contribution in [1.82, 2.24) is 10.2 Å². The van der Waals surface area contributed by atoms with E-state index in [1.807, 2.05) is 6.07 Å². The average molecular weight is 264 g/mol. The second kappa shape index (κ2) is 8.94. The van der Waals surface area contributed by atoms with Gasteiger partial charge in [0.05, 0.1) is 7.11 Å². The summed E-state index contributed by atoms with van der Waals surface area (Å²) < 4.78 is 5.33. The summed E-state index contributed by atoms with van der Waals surface area (Å²) in [4.78, 5) is 2.45. The van der Waals surface area contributed by atoms with Gasteiger partial charge >= 0.3 is 0 Å². The lowest BCUT2D eigenvalue weighted by Gasteiger charge is -2.26. The molecule has 1 aromatic rings. The highest BCUT2D eigenvalue weighted by molar-refractivity contribution is 5.30. The van der Waals surface area contributed by atoms with Gasteiger partial charge in [0, 0.05) is 12.6 Å². The summed E-state index contributed by atoms with van der Waals surface area (Å²) in [6.07, 6.45) is 1.15. The first kappa shape index (κ1) is 16.0. The minimum Gasteiger partial charge on any atom is -0.497 e. The Kier molecular flexibility index (Phi) is 7.53. The molecule has 3 heteroatoms. The Morgan fingerprint density at radius 3 is 2.53 bits per heavy atom. The summed E-state index contributed by atoms with van der Waals surface area (Å²) in [7, 11) is 1.72. The summed E-state index contributed by atoms with van der Waals surface area (Å²) in [6, 6.07) is 8.75. The van der Waals surface area contributed by atoms with Crippen molar-refractivity contribution in [3.05, 3.63) is 29.8 Å². The second-order valence-electron chi connectivity index (χ2n) is 4.77. The molecular formula is C16H28N2O. The molecule has 1 aromatic carbocycles. The van der Waals surface area contributed by atoms with Crippen LogP contribution in [0, 0.1) is 0 Å². The van der Waals surface area contributed by atoms with Gasteiger partial charge in [-0.25, -0.2) is 0 Å². The molecule has 0 amide bonds. The van der Waals surface area contributed by atoms with Gasteiger partial charge in [0.15, 0.2) is 0 Å². The minimum atomic E-state index is 0.370. The summed E-state index contributed by atoms with van der Waals surface area (Å²) >= 11 is 0. The van der Waals surface area contributed by atoms with E-state index < -0.39 is 0 Å². The van der Waals surface area contributed by atoms with Crippen molar-refractivity contribution in [2.24, 2.45) is 0 Å². The predicted molar refractivity (Wildman–Crippen MR) is 81.8 cm³/mol. The third-order valence-corrected chi connectivity index (χ3v) is 3.47. The summed E-state index contributed by atoms with van der Waals surface area (Å²) in [6.45, 7) is 10.9. The third kappa shape index (κ3) is 5.21. The van der Waals surface area contributed by atoms with Gasteiger partial charge in [0.25, 0.3) is 0 Å². The fourth-order valence-electron chi connectivity index (χ4n) is 2.20. The van der Waals surface area contributed by atoms with Gasteiger partial charge < -0.3 is 15.0 Å². The number of rotatable bonds is 9. The highest BCUT2D eigenvalue weighted by Crippen LogP contribution is 2.20. The molecule has 0 saturated carbocycles. The van der Waals surface area contributed by atoms with Gasteiger partial charge in [-0.3, -0.25) is 0 Å². The van der Waals surface area contributed by atoms with Crippen LogP contribution < -0.4 is 10.1 Å². The Hall–Kier alpha value is -1.06. The number of benzene rings is 1. The van der Waals surface area contributed by atoms with E-state index in [9.17, 15) is 0 Å². The number of hydrogen-bond acceptors (Lipinski definition) is 3. The van der Waals surface area contributed by atoms with E-state index in [1.165, 1.54) is 5.56 Å². The van der Waals surface area contributed by atoms with Crippen LogP contribution in [0.1, 0.15) is 38.8 Å². The standard InChI is InChI=1S/C16H28N2O/c1-5-11-17-16(13-18(6-2)7-3)14-9-8-10-15(12-14)19-4/h8-10,12,16-17H,5-7,11,13H2,1-4H3. The highest BCUT2D eigenvalue weighted by Gasteiger charge is 2.14. The van der Waals surface area contributed by atoms with Crippen molar-refractivity contribution in [2.45, 2.75) is 33.2 Å². The van der Waals surface area contributed by atoms with E-state index in [-0.39, 0.29) is 0 Å². The van der Waals surface area contributed by atoms with Crippen molar-refractivity contribution in [1.29, 1.82) is 0 Å². The summed E-state index contributed by atoms with van der Waals surface area (Å²) in [5.74, 6) is 0.931. The molecule has 108 valence electrons. The first-order chi connectivity index (χ1) is 9.24. The van der Waals surface area contributed by atoms with Gasteiger partial charge in [-0.15, -0.1) is 0 Å². The molecule has 0 aliphatic heterocycles. The molecule has 19 heavy (non-hydrogen) atoms. The zero-order valence-electron chi connectivity index (χ0n) is 12.8. The molecule has 3 nitrogen and oxygen atoms in total. The second-order valence-corrected chi connectivity index (χ2v) is 4.77. The zero-order chi connectivity index (χ0) is 14.1. The van der Waals surface area contributed by atoms with Crippen LogP contribution in [-0.2, 0) is 0 Å². The van der Waals surface area contributed by atoms with Crippen LogP contribution in [0.2, 0.25) is 0 Å². The van der Waals surface area contributed by atoms with Crippen LogP contribution in [0.25, 0.3) is 0 Å². The third-order valence-electron chi connectivity index (χ3n) is 3.47. The van der Waals surface area contributed by atoms with Crippen LogP contribution in [0.3, 0.4) is 0 Å². The summed E-state index contributed by atoms with van der Waals surface area (Å²) in [5.41, 5.74) is 1.31. The highest BCUT2D eigenvalue weighted by atomic mass is 16.5.